The lowest BCUT2D eigenvalue weighted by Gasteiger charge is -2.30. The molecule has 0 aromatic heterocycles. The third-order valence-corrected chi connectivity index (χ3v) is 11.2. The first kappa shape index (κ1) is 47.0. The van der Waals surface area contributed by atoms with E-state index in [-0.39, 0.29) is 45.4 Å². The van der Waals surface area contributed by atoms with Gasteiger partial charge in [0.15, 0.2) is 34.5 Å². The van der Waals surface area contributed by atoms with E-state index in [0.29, 0.717) is 36.4 Å². The van der Waals surface area contributed by atoms with E-state index in [0.717, 1.165) is 9.80 Å². The average molecular weight is 878 g/mol. The van der Waals surface area contributed by atoms with Gasteiger partial charge in [-0.25, -0.2) is 0 Å². The molecule has 0 bridgehead atoms. The number of rotatable bonds is 17. The number of unbranched alkanes of at least 4 members (excludes halogenated alkanes) is 1. The highest BCUT2D eigenvalue weighted by Crippen LogP contribution is 2.36. The van der Waals surface area contributed by atoms with Gasteiger partial charge < -0.3 is 45.3 Å². The van der Waals surface area contributed by atoms with Gasteiger partial charge in [0.25, 0.3) is 48.1 Å². The number of benzene rings is 3. The minimum Gasteiger partial charge on any atom is -0.504 e. The van der Waals surface area contributed by atoms with Gasteiger partial charge in [0.1, 0.15) is 0 Å². The number of hydrogen-bond donors (Lipinski definition) is 9. The summed E-state index contributed by atoms with van der Waals surface area (Å²) in [4.78, 5) is 41.5. The Kier molecular flexibility index (Phi) is 14.6. The summed E-state index contributed by atoms with van der Waals surface area (Å²) in [5.74, 6) is -9.06. The maximum atomic E-state index is 13.9. The van der Waals surface area contributed by atoms with Gasteiger partial charge in [-0.15, -0.1) is 0 Å². The monoisotopic (exact) mass is 877 g/mol. The molecule has 0 saturated carbocycles. The molecule has 0 heterocycles. The molecule has 58 heavy (non-hydrogen) atoms. The molecule has 320 valence electrons. The van der Waals surface area contributed by atoms with Gasteiger partial charge in [0.05, 0.1) is 31.4 Å². The van der Waals surface area contributed by atoms with E-state index < -0.39 is 126 Å². The quantitative estimate of drug-likeness (QED) is 0.0534. The third kappa shape index (κ3) is 11.2. The molecule has 3 rings (SSSR count). The van der Waals surface area contributed by atoms with Gasteiger partial charge in [0.2, 0.25) is 0 Å². The normalized spacial score (nSPS) is 12.2. The SMILES string of the molecule is CC(C)N(CCCCN(CCCN(C(=O)c1cc(S(=O)(=O)O)cc(O)c1O)C(C)C)C(=O)c1cc(S(=O)(=O)O)cc(O)c1O)C(=O)c1cc(S(=O)(=O)O)cc(O)c1O. The number of amides is 3. The van der Waals surface area contributed by atoms with Crippen molar-refractivity contribution in [3.63, 3.8) is 0 Å². The second-order valence-corrected chi connectivity index (χ2v) is 17.7. The van der Waals surface area contributed by atoms with E-state index in [2.05, 4.69) is 0 Å². The first-order valence-corrected chi connectivity index (χ1v) is 21.4. The van der Waals surface area contributed by atoms with E-state index in [4.69, 9.17) is 0 Å². The standard InChI is InChI=1S/C34H43N3O18S3/c1-18(2)36(33(45)24-13-21(57(50,51)52)16-27(39)30(24)42)10-6-5-8-35(32(44)23-12-20(56(47,48)49)15-26(38)29(23)41)9-7-11-37(19(3)4)34(46)25-14-22(58(53,54)55)17-28(40)31(25)43/h12-19,38-43H,5-11H2,1-4H3,(H,47,48,49)(H,50,51,52)(H,53,54,55). The molecule has 3 aromatic rings. The van der Waals surface area contributed by atoms with Crippen molar-refractivity contribution in [1.82, 2.24) is 14.7 Å². The Balaban J connectivity index is 1.92. The molecule has 0 aliphatic heterocycles. The second kappa shape index (κ2) is 18.0. The minimum atomic E-state index is -5.00. The van der Waals surface area contributed by atoms with Crippen LogP contribution in [0.15, 0.2) is 51.1 Å². The Morgan fingerprint density at radius 3 is 1.05 bits per heavy atom. The van der Waals surface area contributed by atoms with Crippen molar-refractivity contribution in [2.75, 3.05) is 26.2 Å². The highest BCUT2D eigenvalue weighted by Gasteiger charge is 2.30. The summed E-state index contributed by atoms with van der Waals surface area (Å²) in [6.45, 7) is 5.46. The Bertz CT molecular complexity index is 2420. The lowest BCUT2D eigenvalue weighted by atomic mass is 10.1. The fraction of sp³-hybridized carbons (Fsp3) is 0.382. The molecular formula is C34H43N3O18S3. The lowest BCUT2D eigenvalue weighted by Crippen LogP contribution is -2.40. The van der Waals surface area contributed by atoms with Crippen LogP contribution in [0.25, 0.3) is 0 Å². The van der Waals surface area contributed by atoms with Gasteiger partial charge in [-0.2, -0.15) is 25.3 Å². The van der Waals surface area contributed by atoms with Crippen molar-refractivity contribution in [3.8, 4) is 34.5 Å². The number of carbonyl (C=O) groups is 3. The maximum Gasteiger partial charge on any atom is 0.294 e. The zero-order chi connectivity index (χ0) is 44.2. The minimum absolute atomic E-state index is 0.0532. The van der Waals surface area contributed by atoms with Gasteiger partial charge in [-0.3, -0.25) is 28.0 Å². The Labute approximate surface area is 333 Å². The Morgan fingerprint density at radius 2 is 0.741 bits per heavy atom. The lowest BCUT2D eigenvalue weighted by molar-refractivity contribution is 0.0655. The van der Waals surface area contributed by atoms with Crippen LogP contribution in [-0.2, 0) is 30.4 Å². The highest BCUT2D eigenvalue weighted by atomic mass is 32.2. The number of phenolic OH excluding ortho intramolecular Hbond substituents is 6. The molecule has 0 spiro atoms. The largest absolute Gasteiger partial charge is 0.504 e. The molecule has 0 aliphatic carbocycles. The van der Waals surface area contributed by atoms with Crippen LogP contribution >= 0.6 is 0 Å². The van der Waals surface area contributed by atoms with E-state index in [1.165, 1.54) is 4.90 Å². The van der Waals surface area contributed by atoms with E-state index in [1.807, 2.05) is 0 Å². The number of phenols is 6. The first-order valence-electron chi connectivity index (χ1n) is 17.1. The highest BCUT2D eigenvalue weighted by molar-refractivity contribution is 7.86. The summed E-state index contributed by atoms with van der Waals surface area (Å²) in [6.07, 6.45) is 0.0521. The second-order valence-electron chi connectivity index (χ2n) is 13.5. The van der Waals surface area contributed by atoms with Crippen molar-refractivity contribution in [3.05, 3.63) is 53.1 Å². The van der Waals surface area contributed by atoms with E-state index >= 15 is 0 Å². The average Bonchev–Trinajstić information content (AvgIpc) is 3.09. The van der Waals surface area contributed by atoms with E-state index in [1.54, 1.807) is 27.7 Å². The van der Waals surface area contributed by atoms with Crippen LogP contribution in [-0.4, -0.2) is 140 Å². The smallest absolute Gasteiger partial charge is 0.294 e. The predicted octanol–water partition coefficient (Wildman–Crippen LogP) is 2.37. The van der Waals surface area contributed by atoms with E-state index in [9.17, 15) is 83.9 Å². The van der Waals surface area contributed by atoms with Gasteiger partial charge in [0, 0.05) is 56.5 Å². The number of hydrogen-bond acceptors (Lipinski definition) is 15. The van der Waals surface area contributed by atoms with Crippen LogP contribution < -0.4 is 0 Å². The van der Waals surface area contributed by atoms with Crippen molar-refractivity contribution in [1.29, 1.82) is 0 Å². The molecule has 0 unspecified atom stereocenters. The van der Waals surface area contributed by atoms with Crippen LogP contribution in [0.1, 0.15) is 78.0 Å². The molecule has 0 saturated heterocycles. The van der Waals surface area contributed by atoms with Crippen molar-refractivity contribution in [2.24, 2.45) is 0 Å². The molecular weight excluding hydrogens is 835 g/mol. The molecule has 0 atom stereocenters. The molecule has 21 nitrogen and oxygen atoms in total. The Hall–Kier alpha value is -5.40. The van der Waals surface area contributed by atoms with Crippen LogP contribution in [0.4, 0.5) is 0 Å². The third-order valence-electron chi connectivity index (χ3n) is 8.73. The summed E-state index contributed by atoms with van der Waals surface area (Å²) in [5.41, 5.74) is -2.08. The molecule has 24 heteroatoms. The zero-order valence-corrected chi connectivity index (χ0v) is 33.8. The van der Waals surface area contributed by atoms with Gasteiger partial charge >= 0.3 is 0 Å². The van der Waals surface area contributed by atoms with Crippen molar-refractivity contribution < 1.29 is 83.9 Å². The summed E-state index contributed by atoms with van der Waals surface area (Å²) < 4.78 is 99.0. The molecule has 0 fully saturated rings. The van der Waals surface area contributed by atoms with Crippen LogP contribution in [0.2, 0.25) is 0 Å². The number of carbonyl (C=O) groups excluding carboxylic acids is 3. The zero-order valence-electron chi connectivity index (χ0n) is 31.3. The summed E-state index contributed by atoms with van der Waals surface area (Å²) in [6, 6.07) is 2.26. The van der Waals surface area contributed by atoms with Crippen LogP contribution in [0, 0.1) is 0 Å². The van der Waals surface area contributed by atoms with Crippen LogP contribution in [0.3, 0.4) is 0 Å². The fourth-order valence-electron chi connectivity index (χ4n) is 5.72. The molecule has 0 radical (unpaired) electrons. The molecule has 9 N–H and O–H groups in total. The van der Waals surface area contributed by atoms with Gasteiger partial charge in [-0.1, -0.05) is 0 Å². The summed E-state index contributed by atoms with van der Waals surface area (Å²) >= 11 is 0. The summed E-state index contributed by atoms with van der Waals surface area (Å²) in [7, 11) is -14.8. The molecule has 3 aromatic carbocycles. The van der Waals surface area contributed by atoms with Gasteiger partial charge in [-0.05, 0) is 65.2 Å². The number of aromatic hydroxyl groups is 6. The van der Waals surface area contributed by atoms with Crippen LogP contribution in [0.5, 0.6) is 34.5 Å². The van der Waals surface area contributed by atoms with Crippen molar-refractivity contribution >= 4 is 48.1 Å². The topological polar surface area (TPSA) is 345 Å². The molecule has 0 aliphatic rings. The molecule has 3 amide bonds. The van der Waals surface area contributed by atoms with Crippen molar-refractivity contribution in [2.45, 2.75) is 73.7 Å². The first-order chi connectivity index (χ1) is 26.6. The fourth-order valence-corrected chi connectivity index (χ4v) is 7.30. The Morgan fingerprint density at radius 1 is 0.466 bits per heavy atom. The predicted molar refractivity (Wildman–Crippen MR) is 201 cm³/mol. The summed E-state index contributed by atoms with van der Waals surface area (Å²) in [5, 5.41) is 61.5. The number of nitrogens with zero attached hydrogens (tertiary/aromatic N) is 3. The maximum absolute atomic E-state index is 13.9.